The normalized spacial score (nSPS) is 26.9. The van der Waals surface area contributed by atoms with Gasteiger partial charge in [-0.25, -0.2) is 4.79 Å². The fraction of sp³-hybridized carbons (Fsp3) is 0.909. The summed E-state index contributed by atoms with van der Waals surface area (Å²) in [4.78, 5) is 13.8. The van der Waals surface area contributed by atoms with Crippen LogP contribution < -0.4 is 5.32 Å². The van der Waals surface area contributed by atoms with Crippen molar-refractivity contribution in [1.29, 1.82) is 0 Å². The molecule has 1 aliphatic heterocycles. The van der Waals surface area contributed by atoms with E-state index < -0.39 is 0 Å². The van der Waals surface area contributed by atoms with Gasteiger partial charge in [0.1, 0.15) is 0 Å². The summed E-state index contributed by atoms with van der Waals surface area (Å²) in [7, 11) is 0. The Morgan fingerprint density at radius 3 is 2.40 bits per heavy atom. The summed E-state index contributed by atoms with van der Waals surface area (Å²) in [5.41, 5.74) is 0. The second kappa shape index (κ2) is 5.35. The molecule has 1 rings (SSSR count). The smallest absolute Gasteiger partial charge is 0.318 e. The molecule has 4 nitrogen and oxygen atoms in total. The van der Waals surface area contributed by atoms with Gasteiger partial charge in [-0.2, -0.15) is 0 Å². The molecule has 0 spiro atoms. The van der Waals surface area contributed by atoms with Crippen LogP contribution in [0.25, 0.3) is 0 Å². The summed E-state index contributed by atoms with van der Waals surface area (Å²) in [6.45, 7) is 10.2. The first-order valence-corrected chi connectivity index (χ1v) is 5.66. The largest absolute Gasteiger partial charge is 0.377 e. The lowest BCUT2D eigenvalue weighted by molar-refractivity contribution is -0.0142. The van der Waals surface area contributed by atoms with Gasteiger partial charge in [-0.3, -0.25) is 0 Å². The second-order valence-corrected chi connectivity index (χ2v) is 4.72. The maximum atomic E-state index is 11.9. The van der Waals surface area contributed by atoms with Gasteiger partial charge in [-0.1, -0.05) is 13.8 Å². The van der Waals surface area contributed by atoms with Crippen LogP contribution in [0.4, 0.5) is 4.79 Å². The van der Waals surface area contributed by atoms with Gasteiger partial charge in [0.05, 0.1) is 25.3 Å². The number of hydrogen-bond donors (Lipinski definition) is 1. The van der Waals surface area contributed by atoms with Gasteiger partial charge in [-0.05, 0) is 19.8 Å². The van der Waals surface area contributed by atoms with Crippen LogP contribution in [0.3, 0.4) is 0 Å². The molecule has 2 atom stereocenters. The lowest BCUT2D eigenvalue weighted by Gasteiger charge is -2.38. The molecule has 2 unspecified atom stereocenters. The highest BCUT2D eigenvalue weighted by Crippen LogP contribution is 2.12. The number of carbonyl (C=O) groups is 1. The van der Waals surface area contributed by atoms with Crippen LogP contribution in [0.15, 0.2) is 0 Å². The van der Waals surface area contributed by atoms with Gasteiger partial charge in [-0.15, -0.1) is 0 Å². The fourth-order valence-corrected chi connectivity index (χ4v) is 1.79. The zero-order valence-corrected chi connectivity index (χ0v) is 10.1. The van der Waals surface area contributed by atoms with E-state index in [1.807, 2.05) is 18.7 Å². The van der Waals surface area contributed by atoms with E-state index in [-0.39, 0.29) is 18.1 Å². The third-order valence-electron chi connectivity index (χ3n) is 2.56. The topological polar surface area (TPSA) is 41.6 Å². The van der Waals surface area contributed by atoms with Crippen molar-refractivity contribution >= 4 is 6.03 Å². The van der Waals surface area contributed by atoms with Crippen molar-refractivity contribution in [3.8, 4) is 0 Å². The molecule has 1 fully saturated rings. The average Bonchev–Trinajstić information content (AvgIpc) is 2.14. The zero-order chi connectivity index (χ0) is 11.4. The quantitative estimate of drug-likeness (QED) is 0.756. The number of urea groups is 1. The minimum Gasteiger partial charge on any atom is -0.377 e. The Hall–Kier alpha value is -0.770. The summed E-state index contributed by atoms with van der Waals surface area (Å²) in [5.74, 6) is 0.487. The maximum absolute atomic E-state index is 11.9. The summed E-state index contributed by atoms with van der Waals surface area (Å²) in [5, 5.41) is 2.94. The van der Waals surface area contributed by atoms with Crippen molar-refractivity contribution < 1.29 is 9.53 Å². The maximum Gasteiger partial charge on any atom is 0.318 e. The van der Waals surface area contributed by atoms with Gasteiger partial charge in [0, 0.05) is 6.54 Å². The van der Waals surface area contributed by atoms with Crippen LogP contribution in [-0.2, 0) is 4.74 Å². The second-order valence-electron chi connectivity index (χ2n) is 4.72. The third kappa shape index (κ3) is 3.38. The van der Waals surface area contributed by atoms with E-state index in [2.05, 4.69) is 19.2 Å². The van der Waals surface area contributed by atoms with Crippen molar-refractivity contribution in [3.05, 3.63) is 0 Å². The Kier molecular flexibility index (Phi) is 4.39. The van der Waals surface area contributed by atoms with Crippen molar-refractivity contribution in [2.45, 2.75) is 39.8 Å². The summed E-state index contributed by atoms with van der Waals surface area (Å²) < 4.78 is 5.38. The van der Waals surface area contributed by atoms with Gasteiger partial charge < -0.3 is 15.0 Å². The molecule has 88 valence electrons. The molecule has 0 radical (unpaired) electrons. The van der Waals surface area contributed by atoms with Crippen LogP contribution in [-0.4, -0.2) is 42.8 Å². The molecule has 1 N–H and O–H groups in total. The molecule has 4 heteroatoms. The minimum atomic E-state index is 0.0343. The highest BCUT2D eigenvalue weighted by Gasteiger charge is 2.29. The van der Waals surface area contributed by atoms with Crippen molar-refractivity contribution in [1.82, 2.24) is 10.2 Å². The summed E-state index contributed by atoms with van der Waals surface area (Å²) in [6.07, 6.45) is 0. The standard InChI is InChI=1S/C11H22N2O2/c1-8(2)5-12-11(14)13-9(3)6-15-7-10(13)4/h8-10H,5-7H2,1-4H3,(H,12,14). The molecule has 0 aliphatic carbocycles. The van der Waals surface area contributed by atoms with Crippen molar-refractivity contribution in [2.75, 3.05) is 19.8 Å². The Morgan fingerprint density at radius 1 is 1.40 bits per heavy atom. The third-order valence-corrected chi connectivity index (χ3v) is 2.56. The summed E-state index contributed by atoms with van der Waals surface area (Å²) in [6, 6.07) is 0.369. The van der Waals surface area contributed by atoms with Crippen LogP contribution in [0.2, 0.25) is 0 Å². The molecule has 1 heterocycles. The SMILES string of the molecule is CC(C)CNC(=O)N1C(C)COCC1C. The molecular weight excluding hydrogens is 192 g/mol. The molecule has 15 heavy (non-hydrogen) atoms. The van der Waals surface area contributed by atoms with E-state index >= 15 is 0 Å². The number of ether oxygens (including phenoxy) is 1. The molecule has 1 aliphatic rings. The number of nitrogens with zero attached hydrogens (tertiary/aromatic N) is 1. The van der Waals surface area contributed by atoms with Gasteiger partial charge in [0.25, 0.3) is 0 Å². The fourth-order valence-electron chi connectivity index (χ4n) is 1.79. The number of carbonyl (C=O) groups excluding carboxylic acids is 1. The van der Waals surface area contributed by atoms with E-state index in [4.69, 9.17) is 4.74 Å². The highest BCUT2D eigenvalue weighted by molar-refractivity contribution is 5.75. The number of amides is 2. The first-order valence-electron chi connectivity index (χ1n) is 5.66. The number of morpholine rings is 1. The Morgan fingerprint density at radius 2 is 1.93 bits per heavy atom. The zero-order valence-electron chi connectivity index (χ0n) is 10.1. The molecule has 0 aromatic heterocycles. The lowest BCUT2D eigenvalue weighted by Crippen LogP contribution is -2.56. The summed E-state index contributed by atoms with van der Waals surface area (Å²) >= 11 is 0. The molecule has 1 saturated heterocycles. The van der Waals surface area contributed by atoms with Crippen molar-refractivity contribution in [2.24, 2.45) is 5.92 Å². The van der Waals surface area contributed by atoms with E-state index in [1.54, 1.807) is 0 Å². The Balaban J connectivity index is 2.48. The molecule has 0 saturated carbocycles. The lowest BCUT2D eigenvalue weighted by atomic mass is 10.2. The highest BCUT2D eigenvalue weighted by atomic mass is 16.5. The molecule has 0 aromatic carbocycles. The number of hydrogen-bond acceptors (Lipinski definition) is 2. The Labute approximate surface area is 92.0 Å². The van der Waals surface area contributed by atoms with Crippen LogP contribution >= 0.6 is 0 Å². The Bertz CT molecular complexity index is 209. The molecule has 2 amide bonds. The van der Waals surface area contributed by atoms with E-state index in [0.29, 0.717) is 19.1 Å². The molecule has 0 aromatic rings. The predicted octanol–water partition coefficient (Wildman–Crippen LogP) is 1.46. The van der Waals surface area contributed by atoms with Gasteiger partial charge >= 0.3 is 6.03 Å². The molecular formula is C11H22N2O2. The first-order chi connectivity index (χ1) is 7.02. The van der Waals surface area contributed by atoms with Crippen LogP contribution in [0, 0.1) is 5.92 Å². The predicted molar refractivity (Wildman–Crippen MR) is 59.8 cm³/mol. The van der Waals surface area contributed by atoms with Gasteiger partial charge in [0.2, 0.25) is 0 Å². The minimum absolute atomic E-state index is 0.0343. The van der Waals surface area contributed by atoms with Crippen LogP contribution in [0.1, 0.15) is 27.7 Å². The number of rotatable bonds is 2. The van der Waals surface area contributed by atoms with Gasteiger partial charge in [0.15, 0.2) is 0 Å². The monoisotopic (exact) mass is 214 g/mol. The van der Waals surface area contributed by atoms with E-state index in [1.165, 1.54) is 0 Å². The first kappa shape index (κ1) is 12.3. The van der Waals surface area contributed by atoms with Crippen LogP contribution in [0.5, 0.6) is 0 Å². The average molecular weight is 214 g/mol. The van der Waals surface area contributed by atoms with E-state index in [0.717, 1.165) is 6.54 Å². The van der Waals surface area contributed by atoms with Crippen molar-refractivity contribution in [3.63, 3.8) is 0 Å². The molecule has 0 bridgehead atoms. The number of nitrogens with one attached hydrogen (secondary N) is 1. The van der Waals surface area contributed by atoms with E-state index in [9.17, 15) is 4.79 Å².